The molecule has 4 heteroatoms. The van der Waals surface area contributed by atoms with E-state index in [2.05, 4.69) is 11.2 Å². The van der Waals surface area contributed by atoms with Crippen LogP contribution in [0.4, 0.5) is 13.2 Å². The number of hydrogen-bond acceptors (Lipinski definition) is 1. The Balaban J connectivity index is 2.83. The minimum atomic E-state index is -4.31. The van der Waals surface area contributed by atoms with Gasteiger partial charge in [0.15, 0.2) is 0 Å². The van der Waals surface area contributed by atoms with Crippen molar-refractivity contribution in [1.82, 2.24) is 5.32 Å². The largest absolute Gasteiger partial charge is 0.416 e. The summed E-state index contributed by atoms with van der Waals surface area (Å²) in [5.74, 6) is 2.62. The molecule has 1 aromatic carbocycles. The highest BCUT2D eigenvalue weighted by Crippen LogP contribution is 2.30. The number of rotatable bonds is 5. The van der Waals surface area contributed by atoms with Crippen molar-refractivity contribution in [3.8, 4) is 12.3 Å². The molecule has 0 aliphatic carbocycles. The molecule has 1 N–H and O–H groups in total. The van der Waals surface area contributed by atoms with Gasteiger partial charge in [0.1, 0.15) is 0 Å². The summed E-state index contributed by atoms with van der Waals surface area (Å²) >= 11 is 0. The lowest BCUT2D eigenvalue weighted by atomic mass is 10.0. The normalized spacial score (nSPS) is 14.7. The predicted octanol–water partition coefficient (Wildman–Crippen LogP) is 4.16. The van der Waals surface area contributed by atoms with Gasteiger partial charge >= 0.3 is 6.18 Å². The molecule has 1 nitrogen and oxygen atoms in total. The molecule has 1 aromatic rings. The highest BCUT2D eigenvalue weighted by molar-refractivity contribution is 5.28. The fraction of sp³-hybridized carbons (Fsp3) is 0.467. The number of terminal acetylenes is 1. The van der Waals surface area contributed by atoms with E-state index < -0.39 is 11.7 Å². The number of halogens is 3. The zero-order chi connectivity index (χ0) is 14.5. The predicted molar refractivity (Wildman–Crippen MR) is 70.5 cm³/mol. The highest BCUT2D eigenvalue weighted by Gasteiger charge is 2.30. The summed E-state index contributed by atoms with van der Waals surface area (Å²) in [6, 6.07) is 5.00. The van der Waals surface area contributed by atoms with Gasteiger partial charge in [0.25, 0.3) is 0 Å². The van der Waals surface area contributed by atoms with E-state index in [1.54, 1.807) is 6.07 Å². The zero-order valence-electron chi connectivity index (χ0n) is 11.1. The first-order valence-electron chi connectivity index (χ1n) is 6.27. The van der Waals surface area contributed by atoms with E-state index in [-0.39, 0.29) is 12.1 Å². The van der Waals surface area contributed by atoms with Crippen LogP contribution in [0.5, 0.6) is 0 Å². The molecule has 0 heterocycles. The summed E-state index contributed by atoms with van der Waals surface area (Å²) in [6.45, 7) is 3.83. The van der Waals surface area contributed by atoms with E-state index in [1.165, 1.54) is 6.07 Å². The van der Waals surface area contributed by atoms with Crippen molar-refractivity contribution < 1.29 is 13.2 Å². The van der Waals surface area contributed by atoms with Crippen LogP contribution in [0.2, 0.25) is 0 Å². The fourth-order valence-electron chi connectivity index (χ4n) is 1.89. The smallest absolute Gasteiger partial charge is 0.297 e. The van der Waals surface area contributed by atoms with Crippen LogP contribution in [0, 0.1) is 12.3 Å². The Labute approximate surface area is 112 Å². The summed E-state index contributed by atoms with van der Waals surface area (Å²) in [5, 5.41) is 3.16. The first-order chi connectivity index (χ1) is 8.88. The number of alkyl halides is 3. The molecule has 19 heavy (non-hydrogen) atoms. The molecule has 104 valence electrons. The summed E-state index contributed by atoms with van der Waals surface area (Å²) in [5.41, 5.74) is -0.0439. The van der Waals surface area contributed by atoms with Crippen LogP contribution in [-0.4, -0.2) is 6.04 Å². The van der Waals surface area contributed by atoms with Crippen LogP contribution < -0.4 is 5.32 Å². The molecule has 0 fully saturated rings. The van der Waals surface area contributed by atoms with Gasteiger partial charge in [-0.2, -0.15) is 13.2 Å². The van der Waals surface area contributed by atoms with E-state index in [1.807, 2.05) is 13.8 Å². The van der Waals surface area contributed by atoms with Crippen molar-refractivity contribution in [2.45, 2.75) is 44.9 Å². The number of nitrogens with one attached hydrogen (secondary N) is 1. The standard InChI is InChI=1S/C15H18F3N/c1-4-7-14(5-2)19-11(3)12-8-6-9-13(10-12)15(16,17)18/h2,6,8-11,14,19H,4,7H2,1,3H3. The number of hydrogen-bond donors (Lipinski definition) is 1. The molecule has 0 spiro atoms. The van der Waals surface area contributed by atoms with Crippen LogP contribution in [-0.2, 0) is 6.18 Å². The van der Waals surface area contributed by atoms with Gasteiger partial charge in [0, 0.05) is 6.04 Å². The van der Waals surface area contributed by atoms with Crippen molar-refractivity contribution in [3.05, 3.63) is 35.4 Å². The highest BCUT2D eigenvalue weighted by atomic mass is 19.4. The second kappa shape index (κ2) is 6.63. The summed E-state index contributed by atoms with van der Waals surface area (Å²) in [7, 11) is 0. The minimum Gasteiger partial charge on any atom is -0.297 e. The van der Waals surface area contributed by atoms with Crippen molar-refractivity contribution in [1.29, 1.82) is 0 Å². The van der Waals surface area contributed by atoms with Gasteiger partial charge in [0.2, 0.25) is 0 Å². The Morgan fingerprint density at radius 1 is 1.37 bits per heavy atom. The van der Waals surface area contributed by atoms with Gasteiger partial charge in [0.05, 0.1) is 11.6 Å². The Morgan fingerprint density at radius 2 is 2.05 bits per heavy atom. The average molecular weight is 269 g/mol. The van der Waals surface area contributed by atoms with Gasteiger partial charge in [-0.1, -0.05) is 31.4 Å². The van der Waals surface area contributed by atoms with E-state index in [0.717, 1.165) is 25.0 Å². The fourth-order valence-corrected chi connectivity index (χ4v) is 1.89. The molecule has 0 aliphatic heterocycles. The molecule has 0 aromatic heterocycles. The molecular weight excluding hydrogens is 251 g/mol. The van der Waals surface area contributed by atoms with E-state index in [0.29, 0.717) is 5.56 Å². The lowest BCUT2D eigenvalue weighted by Crippen LogP contribution is -2.30. The molecule has 0 saturated carbocycles. The maximum atomic E-state index is 12.6. The third kappa shape index (κ3) is 4.60. The second-order valence-corrected chi connectivity index (χ2v) is 4.52. The molecule has 0 radical (unpaired) electrons. The summed E-state index contributed by atoms with van der Waals surface area (Å²) in [4.78, 5) is 0. The quantitative estimate of drug-likeness (QED) is 0.791. The Bertz CT molecular complexity index is 445. The topological polar surface area (TPSA) is 12.0 Å². The second-order valence-electron chi connectivity index (χ2n) is 4.52. The van der Waals surface area contributed by atoms with Crippen LogP contribution in [0.25, 0.3) is 0 Å². The average Bonchev–Trinajstić information content (AvgIpc) is 2.37. The van der Waals surface area contributed by atoms with Crippen LogP contribution >= 0.6 is 0 Å². The van der Waals surface area contributed by atoms with Crippen molar-refractivity contribution in [2.24, 2.45) is 0 Å². The van der Waals surface area contributed by atoms with Crippen molar-refractivity contribution >= 4 is 0 Å². The van der Waals surface area contributed by atoms with E-state index >= 15 is 0 Å². The first-order valence-corrected chi connectivity index (χ1v) is 6.27. The van der Waals surface area contributed by atoms with Crippen molar-refractivity contribution in [2.75, 3.05) is 0 Å². The van der Waals surface area contributed by atoms with Gasteiger partial charge in [-0.3, -0.25) is 5.32 Å². The third-order valence-electron chi connectivity index (χ3n) is 2.94. The molecule has 0 bridgehead atoms. The molecule has 0 aliphatic rings. The maximum absolute atomic E-state index is 12.6. The summed E-state index contributed by atoms with van der Waals surface area (Å²) in [6.07, 6.45) is 2.81. The molecular formula is C15H18F3N. The Hall–Kier alpha value is -1.47. The van der Waals surface area contributed by atoms with Gasteiger partial charge in [-0.15, -0.1) is 6.42 Å². The molecule has 2 unspecified atom stereocenters. The van der Waals surface area contributed by atoms with Gasteiger partial charge in [-0.25, -0.2) is 0 Å². The molecule has 0 saturated heterocycles. The van der Waals surface area contributed by atoms with E-state index in [4.69, 9.17) is 6.42 Å². The molecule has 1 rings (SSSR count). The Kier molecular flexibility index (Phi) is 5.44. The zero-order valence-corrected chi connectivity index (χ0v) is 11.1. The van der Waals surface area contributed by atoms with E-state index in [9.17, 15) is 13.2 Å². The maximum Gasteiger partial charge on any atom is 0.416 e. The monoisotopic (exact) mass is 269 g/mol. The lowest BCUT2D eigenvalue weighted by Gasteiger charge is -2.20. The van der Waals surface area contributed by atoms with Crippen molar-refractivity contribution in [3.63, 3.8) is 0 Å². The van der Waals surface area contributed by atoms with Crippen LogP contribution in [0.3, 0.4) is 0 Å². The first kappa shape index (κ1) is 15.6. The lowest BCUT2D eigenvalue weighted by molar-refractivity contribution is -0.137. The van der Waals surface area contributed by atoms with Crippen LogP contribution in [0.15, 0.2) is 24.3 Å². The summed E-state index contributed by atoms with van der Waals surface area (Å²) < 4.78 is 37.9. The number of benzene rings is 1. The minimum absolute atomic E-state index is 0.116. The Morgan fingerprint density at radius 3 is 2.58 bits per heavy atom. The van der Waals surface area contributed by atoms with Crippen LogP contribution in [0.1, 0.15) is 43.9 Å². The SMILES string of the molecule is C#CC(CCC)NC(C)c1cccc(C(F)(F)F)c1. The van der Waals surface area contributed by atoms with Gasteiger partial charge < -0.3 is 0 Å². The van der Waals surface area contributed by atoms with Gasteiger partial charge in [-0.05, 0) is 31.0 Å². The third-order valence-corrected chi connectivity index (χ3v) is 2.94. The molecule has 2 atom stereocenters. The molecule has 0 amide bonds.